The predicted octanol–water partition coefficient (Wildman–Crippen LogP) is 1.76. The molecule has 23 heavy (non-hydrogen) atoms. The number of hydrogen-bond acceptors (Lipinski definition) is 6. The fourth-order valence-electron chi connectivity index (χ4n) is 1.20. The lowest BCUT2D eigenvalue weighted by Crippen LogP contribution is -2.22. The van der Waals surface area contributed by atoms with Crippen molar-refractivity contribution < 1.29 is 16.8 Å². The van der Waals surface area contributed by atoms with Gasteiger partial charge in [-0.25, -0.2) is 21.1 Å². The van der Waals surface area contributed by atoms with Crippen LogP contribution in [0.15, 0.2) is 58.8 Å². The first-order valence-corrected chi connectivity index (χ1v) is 9.58. The minimum atomic E-state index is -3.59. The Balaban J connectivity index is 0.000000409. The van der Waals surface area contributed by atoms with Gasteiger partial charge in [-0.1, -0.05) is 0 Å². The van der Waals surface area contributed by atoms with Gasteiger partial charge in [0, 0.05) is 49.6 Å². The van der Waals surface area contributed by atoms with Crippen LogP contribution in [0.25, 0.3) is 0 Å². The van der Waals surface area contributed by atoms with Gasteiger partial charge in [0.25, 0.3) is 9.05 Å². The molecule has 0 bridgehead atoms. The van der Waals surface area contributed by atoms with Crippen LogP contribution in [-0.2, 0) is 19.1 Å². The van der Waals surface area contributed by atoms with Gasteiger partial charge >= 0.3 is 0 Å². The van der Waals surface area contributed by atoms with Crippen molar-refractivity contribution in [3.05, 3.63) is 49.1 Å². The molecule has 0 fully saturated rings. The van der Waals surface area contributed by atoms with Crippen LogP contribution >= 0.6 is 23.1 Å². The average molecular weight is 400 g/mol. The van der Waals surface area contributed by atoms with E-state index < -0.39 is 19.1 Å². The van der Waals surface area contributed by atoms with E-state index in [-0.39, 0.29) is 22.2 Å². The summed E-state index contributed by atoms with van der Waals surface area (Å²) in [5.41, 5.74) is 0. The fraction of sp³-hybridized carbons (Fsp3) is 0.167. The molecule has 0 aromatic carbocycles. The highest BCUT2D eigenvalue weighted by Crippen LogP contribution is 2.11. The molecule has 2 aromatic rings. The minimum Gasteiger partial charge on any atom is -0.263 e. The molecule has 0 unspecified atom stereocenters. The highest BCUT2D eigenvalue weighted by Gasteiger charge is 2.16. The third kappa shape index (κ3) is 6.80. The zero-order valence-corrected chi connectivity index (χ0v) is 15.4. The van der Waals surface area contributed by atoms with Gasteiger partial charge in [-0.2, -0.15) is 0 Å². The first-order valence-electron chi connectivity index (χ1n) is 5.83. The van der Waals surface area contributed by atoms with E-state index in [4.69, 9.17) is 10.7 Å². The van der Waals surface area contributed by atoms with Crippen molar-refractivity contribution >= 4 is 42.2 Å². The Morgan fingerprint density at radius 2 is 1.35 bits per heavy atom. The summed E-state index contributed by atoms with van der Waals surface area (Å²) in [5, 5.41) is 0. The van der Waals surface area contributed by atoms with Crippen LogP contribution in [0.5, 0.6) is 0 Å². The largest absolute Gasteiger partial charge is 0.263 e. The summed E-state index contributed by atoms with van der Waals surface area (Å²) in [4.78, 5) is 7.56. The maximum atomic E-state index is 11.4. The van der Waals surface area contributed by atoms with Crippen molar-refractivity contribution in [1.82, 2.24) is 14.3 Å². The molecule has 0 atom stereocenters. The lowest BCUT2D eigenvalue weighted by Gasteiger charge is -2.09. The lowest BCUT2D eigenvalue weighted by molar-refractivity contribution is 0.520. The molecule has 2 heterocycles. The van der Waals surface area contributed by atoms with E-state index in [1.165, 1.54) is 57.1 Å². The van der Waals surface area contributed by atoms with Crippen LogP contribution in [-0.4, -0.2) is 45.2 Å². The molecule has 0 aliphatic rings. The van der Waals surface area contributed by atoms with Crippen molar-refractivity contribution in [3.8, 4) is 0 Å². The summed E-state index contributed by atoms with van der Waals surface area (Å²) in [6.07, 6.45) is 5.54. The Hall–Kier alpha value is -1.26. The Morgan fingerprint density at radius 3 is 1.61 bits per heavy atom. The van der Waals surface area contributed by atoms with Crippen LogP contribution in [0.2, 0.25) is 0 Å². The number of hydrogen-bond donors (Lipinski definition) is 0. The fourth-order valence-corrected chi connectivity index (χ4v) is 2.77. The zero-order valence-electron chi connectivity index (χ0n) is 12.2. The normalized spacial score (nSPS) is 11.1. The molecule has 0 amide bonds. The number of sulfonamides is 1. The molecule has 2 rings (SSSR count). The first-order chi connectivity index (χ1) is 10.2. The topological polar surface area (TPSA) is 97.3 Å². The molecule has 11 heteroatoms. The summed E-state index contributed by atoms with van der Waals surface area (Å²) >= 11 is 0. The molecule has 128 valence electrons. The molecule has 2 aromatic heterocycles. The second kappa shape index (κ2) is 9.14. The van der Waals surface area contributed by atoms with E-state index in [9.17, 15) is 16.8 Å². The third-order valence-electron chi connectivity index (χ3n) is 2.33. The van der Waals surface area contributed by atoms with Crippen LogP contribution in [0.4, 0.5) is 0 Å². The van der Waals surface area contributed by atoms with Crippen LogP contribution < -0.4 is 0 Å². The SMILES string of the molecule is CN(C)S(=O)(=O)c1cccnc1.Cl.O=S(=O)(Cl)c1cccnc1. The average Bonchev–Trinajstić information content (AvgIpc) is 2.49. The monoisotopic (exact) mass is 399 g/mol. The smallest absolute Gasteiger partial charge is 0.262 e. The third-order valence-corrected chi connectivity index (χ3v) is 5.47. The lowest BCUT2D eigenvalue weighted by atomic mass is 10.5. The molecule has 0 saturated carbocycles. The van der Waals surface area contributed by atoms with Crippen molar-refractivity contribution in [2.75, 3.05) is 14.1 Å². The van der Waals surface area contributed by atoms with E-state index >= 15 is 0 Å². The zero-order chi connectivity index (χ0) is 16.8. The van der Waals surface area contributed by atoms with E-state index in [2.05, 4.69) is 9.97 Å². The standard InChI is InChI=1S/C7H10N2O2S.C5H4ClNO2S.ClH/c1-9(2)12(10,11)7-4-3-5-8-6-7;6-10(8,9)5-2-1-3-7-4-5;/h3-6H,1-2H3;1-4H;1H. The number of aromatic nitrogens is 2. The maximum Gasteiger partial charge on any atom is 0.262 e. The molecule has 0 radical (unpaired) electrons. The van der Waals surface area contributed by atoms with Gasteiger partial charge in [0.2, 0.25) is 10.0 Å². The summed E-state index contributed by atoms with van der Waals surface area (Å²) in [6.45, 7) is 0. The first kappa shape index (κ1) is 21.7. The summed E-state index contributed by atoms with van der Waals surface area (Å²) in [5.74, 6) is 0. The quantitative estimate of drug-likeness (QED) is 0.729. The van der Waals surface area contributed by atoms with Crippen molar-refractivity contribution in [1.29, 1.82) is 0 Å². The van der Waals surface area contributed by atoms with Crippen LogP contribution in [0, 0.1) is 0 Å². The summed E-state index contributed by atoms with van der Waals surface area (Å²) in [6, 6.07) is 6.00. The highest BCUT2D eigenvalue weighted by molar-refractivity contribution is 8.13. The van der Waals surface area contributed by atoms with E-state index in [0.29, 0.717) is 0 Å². The van der Waals surface area contributed by atoms with Crippen molar-refractivity contribution in [3.63, 3.8) is 0 Å². The molecule has 0 aliphatic heterocycles. The Morgan fingerprint density at radius 1 is 0.913 bits per heavy atom. The molecular weight excluding hydrogens is 385 g/mol. The molecular formula is C12H15Cl2N3O4S2. The van der Waals surface area contributed by atoms with Gasteiger partial charge in [0.15, 0.2) is 0 Å². The van der Waals surface area contributed by atoms with E-state index in [1.807, 2.05) is 0 Å². The van der Waals surface area contributed by atoms with Gasteiger partial charge < -0.3 is 0 Å². The van der Waals surface area contributed by atoms with Gasteiger partial charge in [-0.05, 0) is 24.3 Å². The van der Waals surface area contributed by atoms with Crippen LogP contribution in [0.1, 0.15) is 0 Å². The Bertz CT molecular complexity index is 799. The van der Waals surface area contributed by atoms with Gasteiger partial charge in [0.1, 0.15) is 9.79 Å². The van der Waals surface area contributed by atoms with Gasteiger partial charge in [-0.3, -0.25) is 9.97 Å². The molecule has 0 saturated heterocycles. The Kier molecular flexibility index (Phi) is 8.64. The number of rotatable bonds is 3. The number of nitrogens with zero attached hydrogens (tertiary/aromatic N) is 3. The number of halogens is 2. The number of pyridine rings is 2. The minimum absolute atomic E-state index is 0. The van der Waals surface area contributed by atoms with E-state index in [0.717, 1.165) is 4.31 Å². The maximum absolute atomic E-state index is 11.4. The van der Waals surface area contributed by atoms with E-state index in [1.54, 1.807) is 6.07 Å². The second-order valence-corrected chi connectivity index (χ2v) is 8.82. The summed E-state index contributed by atoms with van der Waals surface area (Å²) < 4.78 is 45.1. The van der Waals surface area contributed by atoms with Crippen LogP contribution in [0.3, 0.4) is 0 Å². The Labute approximate surface area is 146 Å². The molecule has 0 aliphatic carbocycles. The van der Waals surface area contributed by atoms with Crippen molar-refractivity contribution in [2.45, 2.75) is 9.79 Å². The highest BCUT2D eigenvalue weighted by atomic mass is 35.7. The molecule has 0 N–H and O–H groups in total. The summed E-state index contributed by atoms with van der Waals surface area (Å²) in [7, 11) is 1.07. The van der Waals surface area contributed by atoms with Gasteiger partial charge in [0.05, 0.1) is 0 Å². The van der Waals surface area contributed by atoms with Gasteiger partial charge in [-0.15, -0.1) is 12.4 Å². The second-order valence-electron chi connectivity index (χ2n) is 4.10. The van der Waals surface area contributed by atoms with Crippen molar-refractivity contribution in [2.24, 2.45) is 0 Å². The molecule has 7 nitrogen and oxygen atoms in total. The predicted molar refractivity (Wildman–Crippen MR) is 89.6 cm³/mol. The molecule has 0 spiro atoms.